The second-order valence-corrected chi connectivity index (χ2v) is 12.5. The van der Waals surface area contributed by atoms with Crippen LogP contribution in [0.5, 0.6) is 0 Å². The number of thiophene rings is 1. The molecular formula is C29H29F3N6O3S. The van der Waals surface area contributed by atoms with Crippen LogP contribution in [0.4, 0.5) is 18.9 Å². The number of nitrogens with one attached hydrogen (secondary N) is 2. The molecule has 2 aliphatic heterocycles. The van der Waals surface area contributed by atoms with Crippen LogP contribution in [-0.4, -0.2) is 57.8 Å². The number of nitriles is 1. The molecule has 2 amide bonds. The number of rotatable bonds is 5. The maximum absolute atomic E-state index is 12.8. The number of fused-ring (bicyclic) bond motifs is 2. The van der Waals surface area contributed by atoms with Crippen molar-refractivity contribution in [2.24, 2.45) is 17.3 Å². The van der Waals surface area contributed by atoms with Gasteiger partial charge in [-0.05, 0) is 43.5 Å². The molecule has 3 atom stereocenters. The van der Waals surface area contributed by atoms with Crippen molar-refractivity contribution < 1.29 is 27.6 Å². The number of aromatic nitrogens is 2. The standard InChI is InChI=1S/C26H26N6O2S.C3H3F3O/c1-13-22(31-14-4-6-28-11-14)18(8-15(10-27)30-13)17-5-7-29-19-9-16(35-23(17)19)12-32-24(33)20-21(25(32)34)26(20,2)3;1-2(7)3(4,5)6/h5,7-9,14,20-21,28,31H,4,6,11-12H2,1-3H3;1H3. The summed E-state index contributed by atoms with van der Waals surface area (Å²) >= 11 is 1.54. The molecule has 220 valence electrons. The average molecular weight is 599 g/mol. The van der Waals surface area contributed by atoms with Gasteiger partial charge in [0.15, 0.2) is 0 Å². The van der Waals surface area contributed by atoms with E-state index in [4.69, 9.17) is 0 Å². The molecule has 3 unspecified atom stereocenters. The lowest BCUT2D eigenvalue weighted by Crippen LogP contribution is -2.35. The fourth-order valence-electron chi connectivity index (χ4n) is 5.70. The summed E-state index contributed by atoms with van der Waals surface area (Å²) in [4.78, 5) is 46.4. The number of ketones is 1. The molecule has 5 heterocycles. The first kappa shape index (κ1) is 29.6. The number of pyridine rings is 2. The number of hydrogen-bond donors (Lipinski definition) is 2. The lowest BCUT2D eigenvalue weighted by molar-refractivity contribution is -0.168. The molecule has 2 N–H and O–H groups in total. The van der Waals surface area contributed by atoms with Gasteiger partial charge in [-0.15, -0.1) is 11.3 Å². The van der Waals surface area contributed by atoms with E-state index >= 15 is 0 Å². The van der Waals surface area contributed by atoms with Crippen LogP contribution < -0.4 is 10.6 Å². The predicted molar refractivity (Wildman–Crippen MR) is 150 cm³/mol. The fraction of sp³-hybridized carbons (Fsp3) is 0.448. The summed E-state index contributed by atoms with van der Waals surface area (Å²) in [6.45, 7) is 8.51. The van der Waals surface area contributed by atoms with Gasteiger partial charge in [0.25, 0.3) is 0 Å². The quantitative estimate of drug-likeness (QED) is 0.408. The van der Waals surface area contributed by atoms with Crippen LogP contribution in [0.1, 0.15) is 43.5 Å². The topological polar surface area (TPSA) is 128 Å². The van der Waals surface area contributed by atoms with Gasteiger partial charge in [-0.2, -0.15) is 18.4 Å². The number of halogens is 3. The molecule has 0 radical (unpaired) electrons. The van der Waals surface area contributed by atoms with E-state index in [2.05, 4.69) is 26.7 Å². The van der Waals surface area contributed by atoms with Crippen molar-refractivity contribution >= 4 is 44.8 Å². The van der Waals surface area contributed by atoms with Crippen LogP contribution in [0, 0.1) is 35.5 Å². The van der Waals surface area contributed by atoms with E-state index < -0.39 is 12.0 Å². The van der Waals surface area contributed by atoms with Crippen molar-refractivity contribution in [3.63, 3.8) is 0 Å². The Bertz CT molecular complexity index is 1610. The van der Waals surface area contributed by atoms with Crippen LogP contribution in [0.15, 0.2) is 24.4 Å². The maximum Gasteiger partial charge on any atom is 0.449 e. The Kier molecular flexibility index (Phi) is 7.57. The predicted octanol–water partition coefficient (Wildman–Crippen LogP) is 4.59. The van der Waals surface area contributed by atoms with Gasteiger partial charge in [0.2, 0.25) is 17.6 Å². The molecule has 13 heteroatoms. The van der Waals surface area contributed by atoms with Gasteiger partial charge < -0.3 is 10.6 Å². The SMILES string of the molecule is CC(=O)C(F)(F)F.Cc1nc(C#N)cc(-c2ccnc3cc(CN4C(=O)C5C(C4=O)C5(C)C)sc23)c1NC1CCNC1. The van der Waals surface area contributed by atoms with Crippen LogP contribution in [0.2, 0.25) is 0 Å². The van der Waals surface area contributed by atoms with Crippen LogP contribution in [0.3, 0.4) is 0 Å². The van der Waals surface area contributed by atoms with E-state index in [0.717, 1.165) is 57.1 Å². The highest BCUT2D eigenvalue weighted by atomic mass is 32.1. The molecule has 1 saturated carbocycles. The number of likely N-dealkylation sites (tertiary alicyclic amines) is 1. The van der Waals surface area contributed by atoms with E-state index in [1.165, 1.54) is 4.90 Å². The van der Waals surface area contributed by atoms with Crippen molar-refractivity contribution in [2.75, 3.05) is 18.4 Å². The monoisotopic (exact) mass is 598 g/mol. The summed E-state index contributed by atoms with van der Waals surface area (Å²) < 4.78 is 33.5. The number of alkyl halides is 3. The Hall–Kier alpha value is -3.89. The number of aryl methyl sites for hydroxylation is 1. The largest absolute Gasteiger partial charge is 0.449 e. The van der Waals surface area contributed by atoms with E-state index in [0.29, 0.717) is 18.7 Å². The molecule has 0 spiro atoms. The number of hydrogen-bond acceptors (Lipinski definition) is 9. The van der Waals surface area contributed by atoms with E-state index in [1.807, 2.05) is 39.0 Å². The highest BCUT2D eigenvalue weighted by molar-refractivity contribution is 7.19. The Labute approximate surface area is 244 Å². The molecular weight excluding hydrogens is 569 g/mol. The van der Waals surface area contributed by atoms with Crippen molar-refractivity contribution in [1.29, 1.82) is 5.26 Å². The first-order valence-electron chi connectivity index (χ1n) is 13.4. The van der Waals surface area contributed by atoms with Crippen molar-refractivity contribution in [3.8, 4) is 17.2 Å². The normalized spacial score (nSPS) is 22.4. The molecule has 0 aromatic carbocycles. The summed E-state index contributed by atoms with van der Waals surface area (Å²) in [6, 6.07) is 8.22. The second kappa shape index (κ2) is 10.7. The van der Waals surface area contributed by atoms with E-state index in [9.17, 15) is 32.8 Å². The number of imide groups is 1. The van der Waals surface area contributed by atoms with Crippen LogP contribution in [-0.2, 0) is 20.9 Å². The van der Waals surface area contributed by atoms with E-state index in [1.54, 1.807) is 17.5 Å². The number of carbonyl (C=O) groups excluding carboxylic acids is 3. The molecule has 0 bridgehead atoms. The lowest BCUT2D eigenvalue weighted by Gasteiger charge is -2.19. The zero-order valence-electron chi connectivity index (χ0n) is 23.4. The minimum Gasteiger partial charge on any atom is -0.379 e. The third-order valence-electron chi connectivity index (χ3n) is 8.08. The number of carbonyl (C=O) groups is 3. The van der Waals surface area contributed by atoms with Gasteiger partial charge in [-0.25, -0.2) is 4.98 Å². The minimum absolute atomic E-state index is 0.0595. The fourth-order valence-corrected chi connectivity index (χ4v) is 6.83. The summed E-state index contributed by atoms with van der Waals surface area (Å²) in [5.74, 6) is -2.24. The maximum atomic E-state index is 12.8. The van der Waals surface area contributed by atoms with Crippen LogP contribution in [0.25, 0.3) is 21.3 Å². The van der Waals surface area contributed by atoms with Gasteiger partial charge in [-0.1, -0.05) is 13.8 Å². The minimum atomic E-state index is -4.64. The molecule has 3 aromatic rings. The third-order valence-corrected chi connectivity index (χ3v) is 9.22. The Morgan fingerprint density at radius 2 is 1.90 bits per heavy atom. The molecule has 6 rings (SSSR count). The van der Waals surface area contributed by atoms with Gasteiger partial charge in [0.05, 0.1) is 40.0 Å². The van der Waals surface area contributed by atoms with Gasteiger partial charge in [0, 0.05) is 41.7 Å². The van der Waals surface area contributed by atoms with Crippen LogP contribution >= 0.6 is 11.3 Å². The molecule has 3 aromatic heterocycles. The number of anilines is 1. The summed E-state index contributed by atoms with van der Waals surface area (Å²) in [5, 5.41) is 16.6. The summed E-state index contributed by atoms with van der Waals surface area (Å²) in [7, 11) is 0. The van der Waals surface area contributed by atoms with Gasteiger partial charge in [0.1, 0.15) is 11.8 Å². The lowest BCUT2D eigenvalue weighted by atomic mass is 10.0. The number of Topliss-reactive ketones (excluding diaryl/α,β-unsaturated/α-hetero) is 1. The molecule has 9 nitrogen and oxygen atoms in total. The number of piperidine rings is 1. The van der Waals surface area contributed by atoms with Gasteiger partial charge >= 0.3 is 6.18 Å². The van der Waals surface area contributed by atoms with Crippen molar-refractivity contribution in [2.45, 2.75) is 52.9 Å². The number of nitrogens with zero attached hydrogens (tertiary/aromatic N) is 4. The summed E-state index contributed by atoms with van der Waals surface area (Å²) in [6.07, 6.45) is -1.86. The highest BCUT2D eigenvalue weighted by Crippen LogP contribution is 2.63. The Morgan fingerprint density at radius 3 is 2.48 bits per heavy atom. The Balaban J connectivity index is 0.000000451. The molecule has 3 aliphatic rings. The Morgan fingerprint density at radius 1 is 1.24 bits per heavy atom. The first-order valence-corrected chi connectivity index (χ1v) is 14.3. The zero-order chi connectivity index (χ0) is 30.6. The highest BCUT2D eigenvalue weighted by Gasteiger charge is 2.72. The molecule has 1 aliphatic carbocycles. The third kappa shape index (κ3) is 5.36. The van der Waals surface area contributed by atoms with Crippen molar-refractivity contribution in [1.82, 2.24) is 20.2 Å². The smallest absolute Gasteiger partial charge is 0.379 e. The second-order valence-electron chi connectivity index (χ2n) is 11.3. The molecule has 42 heavy (non-hydrogen) atoms. The summed E-state index contributed by atoms with van der Waals surface area (Å²) in [5.41, 5.74) is 4.55. The van der Waals surface area contributed by atoms with E-state index in [-0.39, 0.29) is 35.6 Å². The number of amides is 2. The molecule has 2 saturated heterocycles. The van der Waals surface area contributed by atoms with Gasteiger partial charge in [-0.3, -0.25) is 24.3 Å². The zero-order valence-corrected chi connectivity index (χ0v) is 24.2. The average Bonchev–Trinajstić information content (AvgIpc) is 3.37. The first-order chi connectivity index (χ1) is 19.7. The molecule has 3 fully saturated rings. The van der Waals surface area contributed by atoms with Crippen molar-refractivity contribution in [3.05, 3.63) is 40.7 Å².